The number of aliphatic hydroxyl groups excluding tert-OH is 1. The number of hydrogen-bond acceptors (Lipinski definition) is 5. The second-order valence-corrected chi connectivity index (χ2v) is 5.24. The van der Waals surface area contributed by atoms with Crippen LogP contribution in [0, 0.1) is 0 Å². The lowest BCUT2D eigenvalue weighted by molar-refractivity contribution is 0.177. The maximum absolute atomic E-state index is 9.11. The summed E-state index contributed by atoms with van der Waals surface area (Å²) < 4.78 is 5.68. The molecule has 0 fully saturated rings. The Balaban J connectivity index is 2.06. The van der Waals surface area contributed by atoms with Gasteiger partial charge in [-0.3, -0.25) is 4.90 Å². The van der Waals surface area contributed by atoms with Crippen LogP contribution in [-0.2, 0) is 6.54 Å². The maximum Gasteiger partial charge on any atom is 0.249 e. The van der Waals surface area contributed by atoms with Crippen molar-refractivity contribution >= 4 is 11.6 Å². The summed E-state index contributed by atoms with van der Waals surface area (Å²) in [6.45, 7) is 4.30. The van der Waals surface area contributed by atoms with Crippen LogP contribution in [0.3, 0.4) is 0 Å². The van der Waals surface area contributed by atoms with Gasteiger partial charge < -0.3 is 9.52 Å². The summed E-state index contributed by atoms with van der Waals surface area (Å²) >= 11 is 6.12. The molecule has 21 heavy (non-hydrogen) atoms. The van der Waals surface area contributed by atoms with Gasteiger partial charge in [0.1, 0.15) is 0 Å². The first-order valence-electron chi connectivity index (χ1n) is 7.15. The first-order valence-corrected chi connectivity index (χ1v) is 7.53. The van der Waals surface area contributed by atoms with E-state index in [1.807, 2.05) is 18.2 Å². The predicted octanol–water partition coefficient (Wildman–Crippen LogP) is 2.98. The van der Waals surface area contributed by atoms with Crippen molar-refractivity contribution in [3.8, 4) is 11.5 Å². The van der Waals surface area contributed by atoms with Gasteiger partial charge >= 0.3 is 0 Å². The van der Waals surface area contributed by atoms with E-state index in [0.29, 0.717) is 29.9 Å². The first-order chi connectivity index (χ1) is 10.2. The van der Waals surface area contributed by atoms with Crippen LogP contribution in [0.4, 0.5) is 0 Å². The van der Waals surface area contributed by atoms with Crippen molar-refractivity contribution in [1.82, 2.24) is 15.1 Å². The second kappa shape index (κ2) is 8.12. The Hall–Kier alpha value is -1.43. The van der Waals surface area contributed by atoms with E-state index >= 15 is 0 Å². The lowest BCUT2D eigenvalue weighted by atomic mass is 10.2. The molecule has 1 heterocycles. The van der Waals surface area contributed by atoms with Gasteiger partial charge in [-0.2, -0.15) is 0 Å². The van der Waals surface area contributed by atoms with Crippen molar-refractivity contribution in [3.05, 3.63) is 35.2 Å². The van der Waals surface area contributed by atoms with E-state index in [-0.39, 0.29) is 6.61 Å². The van der Waals surface area contributed by atoms with Gasteiger partial charge in [0.25, 0.3) is 0 Å². The lowest BCUT2D eigenvalue weighted by Gasteiger charge is -2.18. The Morgan fingerprint density at radius 1 is 1.24 bits per heavy atom. The van der Waals surface area contributed by atoms with Crippen LogP contribution in [0.2, 0.25) is 5.02 Å². The molecule has 0 amide bonds. The largest absolute Gasteiger partial charge is 0.419 e. The number of nitrogens with zero attached hydrogens (tertiary/aromatic N) is 3. The van der Waals surface area contributed by atoms with E-state index in [9.17, 15) is 0 Å². The Morgan fingerprint density at radius 3 is 2.76 bits per heavy atom. The van der Waals surface area contributed by atoms with Crippen LogP contribution in [0.25, 0.3) is 11.5 Å². The smallest absolute Gasteiger partial charge is 0.249 e. The van der Waals surface area contributed by atoms with Gasteiger partial charge in [-0.25, -0.2) is 0 Å². The molecule has 0 aliphatic heterocycles. The minimum Gasteiger partial charge on any atom is -0.419 e. The average molecular weight is 310 g/mol. The zero-order chi connectivity index (χ0) is 15.1. The molecule has 114 valence electrons. The molecule has 1 aromatic carbocycles. The molecule has 0 atom stereocenters. The number of unbranched alkanes of at least 4 members (excludes halogenated alkanes) is 1. The molecular weight excluding hydrogens is 290 g/mol. The highest BCUT2D eigenvalue weighted by atomic mass is 35.5. The second-order valence-electron chi connectivity index (χ2n) is 4.83. The van der Waals surface area contributed by atoms with Crippen LogP contribution in [0.1, 0.15) is 25.7 Å². The fourth-order valence-electron chi connectivity index (χ4n) is 2.05. The third-order valence-corrected chi connectivity index (χ3v) is 3.50. The normalized spacial score (nSPS) is 11.2. The van der Waals surface area contributed by atoms with E-state index in [2.05, 4.69) is 22.0 Å². The zero-order valence-corrected chi connectivity index (χ0v) is 12.9. The Morgan fingerprint density at radius 2 is 2.05 bits per heavy atom. The highest BCUT2D eigenvalue weighted by Gasteiger charge is 2.14. The molecule has 1 N–H and O–H groups in total. The topological polar surface area (TPSA) is 62.4 Å². The van der Waals surface area contributed by atoms with Crippen molar-refractivity contribution in [3.63, 3.8) is 0 Å². The van der Waals surface area contributed by atoms with Crippen molar-refractivity contribution in [2.75, 3.05) is 19.7 Å². The summed E-state index contributed by atoms with van der Waals surface area (Å²) in [5.74, 6) is 0.963. The Kier molecular flexibility index (Phi) is 6.17. The summed E-state index contributed by atoms with van der Waals surface area (Å²) in [5.41, 5.74) is 0.736. The van der Waals surface area contributed by atoms with Crippen LogP contribution in [0.15, 0.2) is 28.7 Å². The zero-order valence-electron chi connectivity index (χ0n) is 12.1. The molecule has 0 radical (unpaired) electrons. The fraction of sp³-hybridized carbons (Fsp3) is 0.467. The van der Waals surface area contributed by atoms with Gasteiger partial charge in [0.15, 0.2) is 0 Å². The molecule has 0 unspecified atom stereocenters. The van der Waals surface area contributed by atoms with Gasteiger partial charge in [-0.15, -0.1) is 10.2 Å². The SMILES string of the molecule is CCCCN(CCO)Cc1nnc(-c2ccccc2Cl)o1. The van der Waals surface area contributed by atoms with Gasteiger partial charge in [0, 0.05) is 6.54 Å². The van der Waals surface area contributed by atoms with Gasteiger partial charge in [0.05, 0.1) is 23.7 Å². The summed E-state index contributed by atoms with van der Waals surface area (Å²) in [4.78, 5) is 2.10. The minimum atomic E-state index is 0.120. The standard InChI is InChI=1S/C15H20ClN3O2/c1-2-3-8-19(9-10-20)11-14-17-18-15(21-14)12-6-4-5-7-13(12)16/h4-7,20H,2-3,8-11H2,1H3. The summed E-state index contributed by atoms with van der Waals surface area (Å²) in [6, 6.07) is 7.38. The van der Waals surface area contributed by atoms with Gasteiger partial charge in [-0.05, 0) is 25.1 Å². The minimum absolute atomic E-state index is 0.120. The molecule has 0 spiro atoms. The van der Waals surface area contributed by atoms with E-state index in [1.165, 1.54) is 0 Å². The highest BCUT2D eigenvalue weighted by Crippen LogP contribution is 2.26. The Labute approximate surface area is 129 Å². The number of hydrogen-bond donors (Lipinski definition) is 1. The fourth-order valence-corrected chi connectivity index (χ4v) is 2.26. The van der Waals surface area contributed by atoms with Crippen LogP contribution in [0.5, 0.6) is 0 Å². The number of benzene rings is 1. The number of halogens is 1. The highest BCUT2D eigenvalue weighted by molar-refractivity contribution is 6.33. The number of aliphatic hydroxyl groups is 1. The molecule has 1 aromatic heterocycles. The molecule has 5 nitrogen and oxygen atoms in total. The molecule has 0 aliphatic carbocycles. The van der Waals surface area contributed by atoms with Crippen LogP contribution in [-0.4, -0.2) is 39.9 Å². The molecule has 0 aliphatic rings. The number of aromatic nitrogens is 2. The van der Waals surface area contributed by atoms with E-state index in [0.717, 1.165) is 24.9 Å². The molecule has 2 rings (SSSR count). The van der Waals surface area contributed by atoms with Crippen molar-refractivity contribution < 1.29 is 9.52 Å². The third-order valence-electron chi connectivity index (χ3n) is 3.17. The van der Waals surface area contributed by atoms with Crippen LogP contribution < -0.4 is 0 Å². The molecule has 6 heteroatoms. The maximum atomic E-state index is 9.11. The Bertz CT molecular complexity index is 559. The summed E-state index contributed by atoms with van der Waals surface area (Å²) in [7, 11) is 0. The molecular formula is C15H20ClN3O2. The van der Waals surface area contributed by atoms with E-state index in [1.54, 1.807) is 6.07 Å². The molecule has 0 saturated carbocycles. The molecule has 0 saturated heterocycles. The third kappa shape index (κ3) is 4.52. The number of rotatable bonds is 8. The average Bonchev–Trinajstić information content (AvgIpc) is 2.94. The van der Waals surface area contributed by atoms with Crippen LogP contribution >= 0.6 is 11.6 Å². The quantitative estimate of drug-likeness (QED) is 0.812. The van der Waals surface area contributed by atoms with Crippen molar-refractivity contribution in [2.24, 2.45) is 0 Å². The van der Waals surface area contributed by atoms with Crippen molar-refractivity contribution in [1.29, 1.82) is 0 Å². The monoisotopic (exact) mass is 309 g/mol. The van der Waals surface area contributed by atoms with Gasteiger partial charge in [-0.1, -0.05) is 37.1 Å². The predicted molar refractivity (Wildman–Crippen MR) is 82.0 cm³/mol. The van der Waals surface area contributed by atoms with E-state index in [4.69, 9.17) is 21.1 Å². The summed E-state index contributed by atoms with van der Waals surface area (Å²) in [6.07, 6.45) is 2.18. The lowest BCUT2D eigenvalue weighted by Crippen LogP contribution is -2.27. The molecule has 2 aromatic rings. The van der Waals surface area contributed by atoms with E-state index < -0.39 is 0 Å². The van der Waals surface area contributed by atoms with Crippen molar-refractivity contribution in [2.45, 2.75) is 26.3 Å². The molecule has 0 bridgehead atoms. The first kappa shape index (κ1) is 15.9. The van der Waals surface area contributed by atoms with Gasteiger partial charge in [0.2, 0.25) is 11.8 Å². The summed E-state index contributed by atoms with van der Waals surface area (Å²) in [5, 5.41) is 17.8.